The number of carboxylic acids is 1. The van der Waals surface area contributed by atoms with E-state index in [1.165, 1.54) is 22.1 Å². The minimum absolute atomic E-state index is 0.0167. The molecule has 0 aromatic carbocycles. The second kappa shape index (κ2) is 6.83. The number of carboxylic acid groups (broad SMARTS) is 1. The van der Waals surface area contributed by atoms with E-state index >= 15 is 0 Å². The van der Waals surface area contributed by atoms with E-state index in [4.69, 9.17) is 9.84 Å². The molecule has 1 fully saturated rings. The zero-order valence-electron chi connectivity index (χ0n) is 15.8. The Kier molecular flexibility index (Phi) is 4.24. The molecule has 11 nitrogen and oxygen atoms in total. The molecule has 12 heteroatoms. The third-order valence-corrected chi connectivity index (χ3v) is 6.19. The average Bonchev–Trinajstić information content (AvgIpc) is 3.33. The molecular formula is C18H16N6O5S. The first kappa shape index (κ1) is 18.6. The number of hydrogen-bond donors (Lipinski definition) is 1. The van der Waals surface area contributed by atoms with Crippen molar-refractivity contribution >= 4 is 41.6 Å². The van der Waals surface area contributed by atoms with Gasteiger partial charge in [0.2, 0.25) is 0 Å². The number of carbonyl (C=O) groups excluding carboxylic acids is 2. The number of carbonyl (C=O) groups is 3. The molecule has 0 saturated carbocycles. The molecule has 2 amide bonds. The fourth-order valence-electron chi connectivity index (χ4n) is 3.69. The van der Waals surface area contributed by atoms with E-state index in [2.05, 4.69) is 15.1 Å². The molecule has 1 atom stereocenters. The number of thioether (sulfide) groups is 1. The quantitative estimate of drug-likeness (QED) is 0.559. The second-order valence-electron chi connectivity index (χ2n) is 6.85. The molecule has 5 heterocycles. The van der Waals surface area contributed by atoms with E-state index in [1.54, 1.807) is 28.6 Å². The monoisotopic (exact) mass is 428 g/mol. The summed E-state index contributed by atoms with van der Waals surface area (Å²) < 4.78 is 6.70. The van der Waals surface area contributed by atoms with Crippen molar-refractivity contribution in [1.82, 2.24) is 29.4 Å². The van der Waals surface area contributed by atoms with E-state index in [1.807, 2.05) is 0 Å². The fourth-order valence-corrected chi connectivity index (χ4v) is 4.81. The second-order valence-corrected chi connectivity index (χ2v) is 7.81. The summed E-state index contributed by atoms with van der Waals surface area (Å²) in [6, 6.07) is 0. The standard InChI is InChI=1S/C18H16N6O5S/c1-2-29-18(28)22-4-3-11-9(7-22)6-19-17-20-13(21-24(11)17)5-10-14(25)23-12(16(26)27)8-30-15(10)23/h5-6,8,15H,2-4,7H2,1H3,(H,26,27). The lowest BCUT2D eigenvalue weighted by Crippen LogP contribution is -2.51. The molecule has 0 spiro atoms. The van der Waals surface area contributed by atoms with Crippen molar-refractivity contribution in [2.24, 2.45) is 0 Å². The molecule has 0 radical (unpaired) electrons. The lowest BCUT2D eigenvalue weighted by atomic mass is 10.0. The summed E-state index contributed by atoms with van der Waals surface area (Å²) in [6.07, 6.45) is 3.46. The molecule has 1 unspecified atom stereocenters. The molecular weight excluding hydrogens is 412 g/mol. The number of hydrogen-bond acceptors (Lipinski definition) is 8. The maximum atomic E-state index is 12.4. The molecule has 1 saturated heterocycles. The van der Waals surface area contributed by atoms with E-state index < -0.39 is 5.97 Å². The Bertz CT molecular complexity index is 1170. The summed E-state index contributed by atoms with van der Waals surface area (Å²) in [5, 5.41) is 14.7. The van der Waals surface area contributed by atoms with Crippen molar-refractivity contribution in [3.05, 3.63) is 40.0 Å². The highest BCUT2D eigenvalue weighted by Crippen LogP contribution is 2.44. The van der Waals surface area contributed by atoms with Gasteiger partial charge in [-0.05, 0) is 13.0 Å². The Labute approximate surface area is 174 Å². The van der Waals surface area contributed by atoms with Gasteiger partial charge in [-0.25, -0.2) is 19.1 Å². The van der Waals surface area contributed by atoms with Crippen molar-refractivity contribution < 1.29 is 24.2 Å². The van der Waals surface area contributed by atoms with Crippen LogP contribution in [0.2, 0.25) is 0 Å². The molecule has 5 rings (SSSR count). The first-order valence-electron chi connectivity index (χ1n) is 9.27. The van der Waals surface area contributed by atoms with Crippen LogP contribution in [0.1, 0.15) is 24.0 Å². The van der Waals surface area contributed by atoms with E-state index in [-0.39, 0.29) is 23.1 Å². The van der Waals surface area contributed by atoms with Crippen LogP contribution in [-0.4, -0.2) is 71.0 Å². The summed E-state index contributed by atoms with van der Waals surface area (Å²) in [4.78, 5) is 47.1. The molecule has 2 aromatic rings. The van der Waals surface area contributed by atoms with Crippen LogP contribution in [0.3, 0.4) is 0 Å². The van der Waals surface area contributed by atoms with Crippen LogP contribution >= 0.6 is 11.8 Å². The van der Waals surface area contributed by atoms with Gasteiger partial charge in [-0.3, -0.25) is 9.69 Å². The number of β-lactam (4-membered cyclic amide) rings is 1. The minimum Gasteiger partial charge on any atom is -0.477 e. The Hall–Kier alpha value is -3.41. The topological polar surface area (TPSA) is 130 Å². The van der Waals surface area contributed by atoms with Gasteiger partial charge < -0.3 is 14.7 Å². The Morgan fingerprint density at radius 2 is 2.27 bits per heavy atom. The van der Waals surface area contributed by atoms with Gasteiger partial charge >= 0.3 is 12.1 Å². The van der Waals surface area contributed by atoms with Crippen molar-refractivity contribution in [3.63, 3.8) is 0 Å². The number of amides is 2. The molecule has 1 N–H and O–H groups in total. The zero-order valence-corrected chi connectivity index (χ0v) is 16.6. The van der Waals surface area contributed by atoms with Gasteiger partial charge in [-0.2, -0.15) is 4.98 Å². The molecule has 154 valence electrons. The summed E-state index contributed by atoms with van der Waals surface area (Å²) in [5.74, 6) is -0.762. The van der Waals surface area contributed by atoms with Crippen LogP contribution in [0.25, 0.3) is 11.9 Å². The summed E-state index contributed by atoms with van der Waals surface area (Å²) in [6.45, 7) is 2.96. The Balaban J connectivity index is 1.41. The van der Waals surface area contributed by atoms with Gasteiger partial charge in [0.15, 0.2) is 5.82 Å². The Morgan fingerprint density at radius 1 is 1.43 bits per heavy atom. The fraction of sp³-hybridized carbons (Fsp3) is 0.333. The lowest BCUT2D eigenvalue weighted by molar-refractivity contribution is -0.141. The number of ether oxygens (including phenoxy) is 1. The van der Waals surface area contributed by atoms with Crippen LogP contribution < -0.4 is 0 Å². The highest BCUT2D eigenvalue weighted by Gasteiger charge is 2.49. The van der Waals surface area contributed by atoms with Crippen LogP contribution in [0, 0.1) is 0 Å². The number of aliphatic carboxylic acids is 1. The molecule has 2 aromatic heterocycles. The third kappa shape index (κ3) is 2.75. The largest absolute Gasteiger partial charge is 0.477 e. The van der Waals surface area contributed by atoms with Gasteiger partial charge in [-0.1, -0.05) is 0 Å². The molecule has 3 aliphatic heterocycles. The van der Waals surface area contributed by atoms with Crippen molar-refractivity contribution in [2.45, 2.75) is 25.3 Å². The van der Waals surface area contributed by atoms with E-state index in [0.29, 0.717) is 43.3 Å². The molecule has 30 heavy (non-hydrogen) atoms. The summed E-state index contributed by atoms with van der Waals surface area (Å²) in [5.41, 5.74) is 2.20. The molecule has 0 bridgehead atoms. The van der Waals surface area contributed by atoms with Crippen molar-refractivity contribution in [1.29, 1.82) is 0 Å². The smallest absolute Gasteiger partial charge is 0.410 e. The molecule has 0 aliphatic carbocycles. The predicted octanol–water partition coefficient (Wildman–Crippen LogP) is 0.863. The summed E-state index contributed by atoms with van der Waals surface area (Å²) >= 11 is 1.26. The van der Waals surface area contributed by atoms with Gasteiger partial charge in [0.05, 0.1) is 24.4 Å². The average molecular weight is 428 g/mol. The highest BCUT2D eigenvalue weighted by molar-refractivity contribution is 8.03. The van der Waals surface area contributed by atoms with Crippen molar-refractivity contribution in [2.75, 3.05) is 13.2 Å². The van der Waals surface area contributed by atoms with Crippen LogP contribution in [0.4, 0.5) is 4.79 Å². The maximum absolute atomic E-state index is 12.4. The van der Waals surface area contributed by atoms with E-state index in [9.17, 15) is 14.4 Å². The number of aromatic nitrogens is 4. The first-order valence-corrected chi connectivity index (χ1v) is 10.2. The number of nitrogens with zero attached hydrogens (tertiary/aromatic N) is 6. The van der Waals surface area contributed by atoms with Crippen molar-refractivity contribution in [3.8, 4) is 0 Å². The first-order chi connectivity index (χ1) is 14.5. The van der Waals surface area contributed by atoms with Crippen LogP contribution in [-0.2, 0) is 27.3 Å². The third-order valence-electron chi connectivity index (χ3n) is 5.11. The minimum atomic E-state index is -1.13. The van der Waals surface area contributed by atoms with Gasteiger partial charge in [0.25, 0.3) is 11.7 Å². The highest BCUT2D eigenvalue weighted by atomic mass is 32.2. The maximum Gasteiger partial charge on any atom is 0.410 e. The predicted molar refractivity (Wildman–Crippen MR) is 104 cm³/mol. The Morgan fingerprint density at radius 3 is 3.03 bits per heavy atom. The van der Waals surface area contributed by atoms with Gasteiger partial charge in [-0.15, -0.1) is 16.9 Å². The SMILES string of the molecule is CCOC(=O)N1CCc2c(cnc3nc(C=C4C(=O)N5C(C(=O)O)=CSC45)nn23)C1. The van der Waals surface area contributed by atoms with Crippen LogP contribution in [0.5, 0.6) is 0 Å². The van der Waals surface area contributed by atoms with Gasteiger partial charge in [0, 0.05) is 30.1 Å². The molecule has 3 aliphatic rings. The lowest BCUT2D eigenvalue weighted by Gasteiger charge is -2.36. The number of fused-ring (bicyclic) bond motifs is 4. The number of rotatable bonds is 3. The summed E-state index contributed by atoms with van der Waals surface area (Å²) in [7, 11) is 0. The zero-order chi connectivity index (χ0) is 21.0. The normalized spacial score (nSPS) is 21.4. The van der Waals surface area contributed by atoms with Crippen LogP contribution in [0.15, 0.2) is 22.9 Å². The van der Waals surface area contributed by atoms with Gasteiger partial charge in [0.1, 0.15) is 11.1 Å². The van der Waals surface area contributed by atoms with E-state index in [0.717, 1.165) is 11.3 Å².